The summed E-state index contributed by atoms with van der Waals surface area (Å²) in [5.74, 6) is -0.0309. The Balaban J connectivity index is 1.61. The molecule has 0 unspecified atom stereocenters. The van der Waals surface area contributed by atoms with E-state index in [1.165, 1.54) is 6.26 Å². The molecule has 0 radical (unpaired) electrons. The van der Waals surface area contributed by atoms with Crippen LogP contribution >= 0.6 is 11.6 Å². The summed E-state index contributed by atoms with van der Waals surface area (Å²) in [6.07, 6.45) is 2.07. The molecule has 170 valence electrons. The summed E-state index contributed by atoms with van der Waals surface area (Å²) in [6.45, 7) is 2.00. The van der Waals surface area contributed by atoms with E-state index in [1.807, 2.05) is 66.4 Å². The maximum absolute atomic E-state index is 13.9. The number of furan rings is 1. The third-order valence-corrected chi connectivity index (χ3v) is 6.42. The van der Waals surface area contributed by atoms with Gasteiger partial charge in [0, 0.05) is 28.0 Å². The minimum absolute atomic E-state index is 0.124. The summed E-state index contributed by atoms with van der Waals surface area (Å²) in [4.78, 5) is 30.8. The largest absolute Gasteiger partial charge is 0.459 e. The van der Waals surface area contributed by atoms with Gasteiger partial charge < -0.3 is 14.2 Å². The van der Waals surface area contributed by atoms with Crippen molar-refractivity contribution in [2.45, 2.75) is 25.4 Å². The molecule has 0 bridgehead atoms. The van der Waals surface area contributed by atoms with Crippen molar-refractivity contribution < 1.29 is 14.0 Å². The summed E-state index contributed by atoms with van der Waals surface area (Å²) in [6, 6.07) is 27.3. The Kier molecular flexibility index (Phi) is 5.95. The molecule has 1 aliphatic heterocycles. The van der Waals surface area contributed by atoms with Crippen LogP contribution < -0.4 is 9.80 Å². The predicted molar refractivity (Wildman–Crippen MR) is 133 cm³/mol. The first-order valence-corrected chi connectivity index (χ1v) is 11.5. The molecule has 0 saturated carbocycles. The molecule has 3 aromatic carbocycles. The van der Waals surface area contributed by atoms with Crippen molar-refractivity contribution in [1.82, 2.24) is 0 Å². The zero-order valence-corrected chi connectivity index (χ0v) is 19.4. The fourth-order valence-electron chi connectivity index (χ4n) is 4.61. The Morgan fingerprint density at radius 2 is 1.62 bits per heavy atom. The number of halogens is 1. The van der Waals surface area contributed by atoms with Crippen LogP contribution in [0, 0.1) is 0 Å². The lowest BCUT2D eigenvalue weighted by atomic mass is 9.89. The van der Waals surface area contributed by atoms with Gasteiger partial charge in [0.25, 0.3) is 11.8 Å². The Morgan fingerprint density at radius 3 is 2.32 bits per heavy atom. The lowest BCUT2D eigenvalue weighted by molar-refractivity contribution is 0.0944. The second-order valence-electron chi connectivity index (χ2n) is 8.33. The first kappa shape index (κ1) is 22.0. The van der Waals surface area contributed by atoms with Gasteiger partial charge in [0.05, 0.1) is 12.3 Å². The van der Waals surface area contributed by atoms with Gasteiger partial charge in [0.2, 0.25) is 0 Å². The van der Waals surface area contributed by atoms with Crippen molar-refractivity contribution in [2.24, 2.45) is 0 Å². The molecule has 2 heterocycles. The average molecular weight is 471 g/mol. The van der Waals surface area contributed by atoms with Gasteiger partial charge >= 0.3 is 0 Å². The number of hydrogen-bond donors (Lipinski definition) is 0. The first-order chi connectivity index (χ1) is 16.5. The summed E-state index contributed by atoms with van der Waals surface area (Å²) in [5.41, 5.74) is 3.02. The zero-order valence-electron chi connectivity index (χ0n) is 18.6. The van der Waals surface area contributed by atoms with Gasteiger partial charge in [-0.2, -0.15) is 0 Å². The Labute approximate surface area is 203 Å². The molecule has 1 aliphatic rings. The molecule has 4 aromatic rings. The highest BCUT2D eigenvalue weighted by atomic mass is 35.5. The Bertz CT molecular complexity index is 1300. The van der Waals surface area contributed by atoms with Crippen LogP contribution in [-0.4, -0.2) is 17.9 Å². The molecule has 0 N–H and O–H groups in total. The van der Waals surface area contributed by atoms with Crippen LogP contribution in [0.2, 0.25) is 5.02 Å². The fraction of sp³-hybridized carbons (Fsp3) is 0.143. The SMILES string of the molecule is C[C@H]1C[C@@H](N(C(=O)c2ccc(Cl)cc2)c2ccccc2)c2ccccc2N1C(=O)c1ccco1. The van der Waals surface area contributed by atoms with E-state index in [9.17, 15) is 9.59 Å². The molecule has 2 atom stereocenters. The minimum atomic E-state index is -0.266. The van der Waals surface area contributed by atoms with Crippen molar-refractivity contribution in [2.75, 3.05) is 9.80 Å². The fourth-order valence-corrected chi connectivity index (χ4v) is 4.74. The smallest absolute Gasteiger partial charge is 0.294 e. The van der Waals surface area contributed by atoms with E-state index < -0.39 is 0 Å². The van der Waals surface area contributed by atoms with Gasteiger partial charge in [-0.05, 0) is 73.5 Å². The highest BCUT2D eigenvalue weighted by molar-refractivity contribution is 6.30. The first-order valence-electron chi connectivity index (χ1n) is 11.1. The van der Waals surface area contributed by atoms with E-state index in [1.54, 1.807) is 41.3 Å². The van der Waals surface area contributed by atoms with Crippen molar-refractivity contribution in [3.05, 3.63) is 119 Å². The summed E-state index contributed by atoms with van der Waals surface area (Å²) < 4.78 is 5.39. The normalized spacial score (nSPS) is 17.2. The summed E-state index contributed by atoms with van der Waals surface area (Å²) in [5, 5.41) is 0.575. The van der Waals surface area contributed by atoms with Gasteiger partial charge in [-0.3, -0.25) is 9.59 Å². The number of amides is 2. The number of benzene rings is 3. The molecule has 2 amide bonds. The summed E-state index contributed by atoms with van der Waals surface area (Å²) in [7, 11) is 0. The van der Waals surface area contributed by atoms with Gasteiger partial charge in [0.15, 0.2) is 5.76 Å². The summed E-state index contributed by atoms with van der Waals surface area (Å²) >= 11 is 6.07. The van der Waals surface area contributed by atoms with Crippen LogP contribution in [0.15, 0.2) is 102 Å². The monoisotopic (exact) mass is 470 g/mol. The van der Waals surface area contributed by atoms with E-state index in [0.29, 0.717) is 17.0 Å². The van der Waals surface area contributed by atoms with E-state index >= 15 is 0 Å². The number of carbonyl (C=O) groups is 2. The van der Waals surface area contributed by atoms with Crippen LogP contribution in [0.4, 0.5) is 11.4 Å². The van der Waals surface area contributed by atoms with Crippen molar-refractivity contribution in [3.63, 3.8) is 0 Å². The lowest BCUT2D eigenvalue weighted by Gasteiger charge is -2.43. The number of carbonyl (C=O) groups excluding carboxylic acids is 2. The number of para-hydroxylation sites is 2. The van der Waals surface area contributed by atoms with E-state index in [2.05, 4.69) is 0 Å². The molecule has 5 nitrogen and oxygen atoms in total. The number of rotatable bonds is 4. The molecule has 5 rings (SSSR count). The Hall–Kier alpha value is -3.83. The van der Waals surface area contributed by atoms with E-state index in [4.69, 9.17) is 16.0 Å². The molecule has 1 aromatic heterocycles. The number of fused-ring (bicyclic) bond motifs is 1. The van der Waals surface area contributed by atoms with Crippen LogP contribution in [0.1, 0.15) is 45.9 Å². The standard InChI is InChI=1S/C28H23ClN2O3/c1-19-18-25(23-10-5-6-11-24(23)30(19)28(33)26-12-7-17-34-26)31(22-8-3-2-4-9-22)27(32)20-13-15-21(29)16-14-20/h2-17,19,25H,18H2,1H3/t19-,25+/m0/s1. The topological polar surface area (TPSA) is 53.8 Å². The van der Waals surface area contributed by atoms with Crippen LogP contribution in [-0.2, 0) is 0 Å². The molecule has 0 spiro atoms. The van der Waals surface area contributed by atoms with E-state index in [0.717, 1.165) is 16.9 Å². The maximum atomic E-state index is 13.9. The van der Waals surface area contributed by atoms with Crippen molar-refractivity contribution in [3.8, 4) is 0 Å². The molecular formula is C28H23ClN2O3. The Morgan fingerprint density at radius 1 is 0.912 bits per heavy atom. The van der Waals surface area contributed by atoms with Crippen molar-refractivity contribution >= 4 is 34.8 Å². The highest BCUT2D eigenvalue weighted by Gasteiger charge is 2.39. The lowest BCUT2D eigenvalue weighted by Crippen LogP contribution is -2.47. The molecule has 6 heteroatoms. The average Bonchev–Trinajstić information content (AvgIpc) is 3.40. The zero-order chi connectivity index (χ0) is 23.7. The van der Waals surface area contributed by atoms with Crippen LogP contribution in [0.3, 0.4) is 0 Å². The molecular weight excluding hydrogens is 448 g/mol. The second kappa shape index (κ2) is 9.20. The molecule has 0 saturated heterocycles. The van der Waals surface area contributed by atoms with Gasteiger partial charge in [0.1, 0.15) is 0 Å². The molecule has 0 aliphatic carbocycles. The second-order valence-corrected chi connectivity index (χ2v) is 8.77. The predicted octanol–water partition coefficient (Wildman–Crippen LogP) is 6.76. The maximum Gasteiger partial charge on any atom is 0.294 e. The minimum Gasteiger partial charge on any atom is -0.459 e. The highest BCUT2D eigenvalue weighted by Crippen LogP contribution is 2.43. The molecule has 0 fully saturated rings. The molecule has 34 heavy (non-hydrogen) atoms. The van der Waals surface area contributed by atoms with Gasteiger partial charge in [-0.15, -0.1) is 0 Å². The van der Waals surface area contributed by atoms with E-state index in [-0.39, 0.29) is 29.7 Å². The number of nitrogens with zero attached hydrogens (tertiary/aromatic N) is 2. The third-order valence-electron chi connectivity index (χ3n) is 6.17. The van der Waals surface area contributed by atoms with Gasteiger partial charge in [-0.25, -0.2) is 0 Å². The third kappa shape index (κ3) is 3.99. The van der Waals surface area contributed by atoms with Crippen LogP contribution in [0.5, 0.6) is 0 Å². The van der Waals surface area contributed by atoms with Crippen LogP contribution in [0.25, 0.3) is 0 Å². The van der Waals surface area contributed by atoms with Crippen molar-refractivity contribution in [1.29, 1.82) is 0 Å². The number of anilines is 2. The number of hydrogen-bond acceptors (Lipinski definition) is 3. The quantitative estimate of drug-likeness (QED) is 0.331. The van der Waals surface area contributed by atoms with Gasteiger partial charge in [-0.1, -0.05) is 48.0 Å².